The zero-order valence-electron chi connectivity index (χ0n) is 11.4. The van der Waals surface area contributed by atoms with Crippen LogP contribution in [-0.2, 0) is 4.79 Å². The van der Waals surface area contributed by atoms with Crippen LogP contribution in [0, 0.1) is 17.8 Å². The smallest absolute Gasteiger partial charge is 0.314 e. The Bertz CT molecular complexity index is 382. The number of halogens is 1. The Kier molecular flexibility index (Phi) is 5.67. The van der Waals surface area contributed by atoms with E-state index in [0.29, 0.717) is 16.7 Å². The molecule has 0 N–H and O–H groups in total. The molecule has 18 heavy (non-hydrogen) atoms. The Labute approximate surface area is 114 Å². The number of rotatable bonds is 5. The summed E-state index contributed by atoms with van der Waals surface area (Å²) in [5, 5.41) is 0.636. The Morgan fingerprint density at radius 2 is 1.72 bits per heavy atom. The molecule has 1 atom stereocenters. The van der Waals surface area contributed by atoms with E-state index in [9.17, 15) is 4.79 Å². The molecule has 0 aromatic heterocycles. The molecule has 0 radical (unpaired) electrons. The van der Waals surface area contributed by atoms with Gasteiger partial charge in [0.1, 0.15) is 5.75 Å². The zero-order valence-corrected chi connectivity index (χ0v) is 12.2. The van der Waals surface area contributed by atoms with Crippen molar-refractivity contribution in [1.82, 2.24) is 0 Å². The minimum Gasteiger partial charge on any atom is -0.426 e. The third-order valence-corrected chi connectivity index (χ3v) is 3.12. The summed E-state index contributed by atoms with van der Waals surface area (Å²) in [4.78, 5) is 12.1. The highest BCUT2D eigenvalue weighted by molar-refractivity contribution is 6.30. The molecule has 1 aromatic carbocycles. The van der Waals surface area contributed by atoms with Crippen LogP contribution in [0.25, 0.3) is 0 Å². The molecule has 0 bridgehead atoms. The van der Waals surface area contributed by atoms with Gasteiger partial charge in [-0.3, -0.25) is 4.79 Å². The Hall–Kier alpha value is -1.02. The predicted octanol–water partition coefficient (Wildman–Crippen LogP) is 4.56. The molecule has 1 rings (SSSR count). The van der Waals surface area contributed by atoms with Crippen LogP contribution in [-0.4, -0.2) is 5.97 Å². The third-order valence-electron chi connectivity index (χ3n) is 2.86. The quantitative estimate of drug-likeness (QED) is 0.578. The number of carbonyl (C=O) groups is 1. The van der Waals surface area contributed by atoms with E-state index in [-0.39, 0.29) is 17.8 Å². The van der Waals surface area contributed by atoms with Crippen molar-refractivity contribution >= 4 is 17.6 Å². The van der Waals surface area contributed by atoms with Gasteiger partial charge in [-0.25, -0.2) is 0 Å². The lowest BCUT2D eigenvalue weighted by Crippen LogP contribution is -2.26. The van der Waals surface area contributed by atoms with Gasteiger partial charge < -0.3 is 4.74 Å². The number of carbonyl (C=O) groups excluding carboxylic acids is 1. The topological polar surface area (TPSA) is 26.3 Å². The van der Waals surface area contributed by atoms with E-state index >= 15 is 0 Å². The molecule has 0 saturated heterocycles. The molecule has 100 valence electrons. The van der Waals surface area contributed by atoms with Gasteiger partial charge in [-0.1, -0.05) is 39.3 Å². The minimum atomic E-state index is -0.152. The molecule has 0 aliphatic rings. The van der Waals surface area contributed by atoms with Gasteiger partial charge in [-0.05, 0) is 42.5 Å². The first-order valence-electron chi connectivity index (χ1n) is 6.37. The van der Waals surface area contributed by atoms with Crippen LogP contribution >= 0.6 is 11.6 Å². The molecule has 0 fully saturated rings. The van der Waals surface area contributed by atoms with Gasteiger partial charge in [0.05, 0.1) is 5.92 Å². The molecular weight excluding hydrogens is 248 g/mol. The highest BCUT2D eigenvalue weighted by Gasteiger charge is 2.25. The van der Waals surface area contributed by atoms with Gasteiger partial charge in [0.15, 0.2) is 0 Å². The van der Waals surface area contributed by atoms with Gasteiger partial charge in [0.2, 0.25) is 0 Å². The molecule has 0 heterocycles. The fraction of sp³-hybridized carbons (Fsp3) is 0.533. The summed E-state index contributed by atoms with van der Waals surface area (Å²) < 4.78 is 5.40. The molecule has 0 spiro atoms. The second kappa shape index (κ2) is 6.79. The standard InChI is InChI=1S/C15H21ClO2/c1-10(2)9-14(11(3)4)15(17)18-13-7-5-12(16)6-8-13/h5-8,10-11,14H,9H2,1-4H3. The molecule has 1 unspecified atom stereocenters. The van der Waals surface area contributed by atoms with E-state index in [0.717, 1.165) is 6.42 Å². The van der Waals surface area contributed by atoms with Crippen LogP contribution < -0.4 is 4.74 Å². The van der Waals surface area contributed by atoms with Crippen LogP contribution in [0.5, 0.6) is 5.75 Å². The van der Waals surface area contributed by atoms with Crippen LogP contribution in [0.2, 0.25) is 5.02 Å². The lowest BCUT2D eigenvalue weighted by Gasteiger charge is -2.21. The normalized spacial score (nSPS) is 12.8. The summed E-state index contributed by atoms with van der Waals surface area (Å²) in [6.45, 7) is 8.34. The van der Waals surface area contributed by atoms with E-state index in [4.69, 9.17) is 16.3 Å². The van der Waals surface area contributed by atoms with Crippen molar-refractivity contribution in [2.75, 3.05) is 0 Å². The Morgan fingerprint density at radius 1 is 1.17 bits per heavy atom. The van der Waals surface area contributed by atoms with Crippen molar-refractivity contribution in [3.63, 3.8) is 0 Å². The second-order valence-electron chi connectivity index (χ2n) is 5.36. The van der Waals surface area contributed by atoms with E-state index in [1.54, 1.807) is 24.3 Å². The summed E-state index contributed by atoms with van der Waals surface area (Å²) in [5.41, 5.74) is 0. The second-order valence-corrected chi connectivity index (χ2v) is 5.79. The van der Waals surface area contributed by atoms with Gasteiger partial charge in [-0.2, -0.15) is 0 Å². The first-order valence-corrected chi connectivity index (χ1v) is 6.75. The fourth-order valence-electron chi connectivity index (χ4n) is 1.84. The van der Waals surface area contributed by atoms with E-state index in [1.807, 2.05) is 0 Å². The van der Waals surface area contributed by atoms with Crippen LogP contribution in [0.4, 0.5) is 0 Å². The summed E-state index contributed by atoms with van der Waals surface area (Å²) in [7, 11) is 0. The number of esters is 1. The highest BCUT2D eigenvalue weighted by Crippen LogP contribution is 2.24. The maximum atomic E-state index is 12.1. The van der Waals surface area contributed by atoms with Gasteiger partial charge in [-0.15, -0.1) is 0 Å². The molecule has 0 aliphatic heterocycles. The number of hydrogen-bond acceptors (Lipinski definition) is 2. The molecule has 1 aromatic rings. The molecule has 3 heteroatoms. The van der Waals surface area contributed by atoms with E-state index < -0.39 is 0 Å². The largest absolute Gasteiger partial charge is 0.426 e. The van der Waals surface area contributed by atoms with Crippen LogP contribution in [0.15, 0.2) is 24.3 Å². The first kappa shape index (κ1) is 15.0. The van der Waals surface area contributed by atoms with Crippen molar-refractivity contribution in [2.45, 2.75) is 34.1 Å². The first-order chi connectivity index (χ1) is 8.40. The van der Waals surface area contributed by atoms with E-state index in [1.165, 1.54) is 0 Å². The molecule has 0 aliphatic carbocycles. The fourth-order valence-corrected chi connectivity index (χ4v) is 1.97. The summed E-state index contributed by atoms with van der Waals surface area (Å²) >= 11 is 5.79. The summed E-state index contributed by atoms with van der Waals surface area (Å²) in [6, 6.07) is 6.87. The van der Waals surface area contributed by atoms with Gasteiger partial charge in [0.25, 0.3) is 0 Å². The third kappa shape index (κ3) is 4.69. The minimum absolute atomic E-state index is 0.0549. The van der Waals surface area contributed by atoms with Crippen molar-refractivity contribution in [2.24, 2.45) is 17.8 Å². The van der Waals surface area contributed by atoms with Crippen LogP contribution in [0.3, 0.4) is 0 Å². The Balaban J connectivity index is 2.69. The lowest BCUT2D eigenvalue weighted by molar-refractivity contribution is -0.141. The maximum absolute atomic E-state index is 12.1. The van der Waals surface area contributed by atoms with E-state index in [2.05, 4.69) is 27.7 Å². The number of benzene rings is 1. The average molecular weight is 269 g/mol. The highest BCUT2D eigenvalue weighted by atomic mass is 35.5. The molecule has 2 nitrogen and oxygen atoms in total. The van der Waals surface area contributed by atoms with Crippen molar-refractivity contribution in [3.8, 4) is 5.75 Å². The number of ether oxygens (including phenoxy) is 1. The predicted molar refractivity (Wildman–Crippen MR) is 74.9 cm³/mol. The van der Waals surface area contributed by atoms with Crippen molar-refractivity contribution < 1.29 is 9.53 Å². The van der Waals surface area contributed by atoms with Crippen molar-refractivity contribution in [3.05, 3.63) is 29.3 Å². The van der Waals surface area contributed by atoms with Crippen molar-refractivity contribution in [1.29, 1.82) is 0 Å². The maximum Gasteiger partial charge on any atom is 0.314 e. The van der Waals surface area contributed by atoms with Crippen LogP contribution in [0.1, 0.15) is 34.1 Å². The Morgan fingerprint density at radius 3 is 2.17 bits per heavy atom. The van der Waals surface area contributed by atoms with Gasteiger partial charge in [0, 0.05) is 5.02 Å². The SMILES string of the molecule is CC(C)CC(C(=O)Oc1ccc(Cl)cc1)C(C)C. The summed E-state index contributed by atoms with van der Waals surface area (Å²) in [5.74, 6) is 1.11. The summed E-state index contributed by atoms with van der Waals surface area (Å²) in [6.07, 6.45) is 0.851. The molecule has 0 amide bonds. The lowest BCUT2D eigenvalue weighted by atomic mass is 9.88. The average Bonchev–Trinajstić information content (AvgIpc) is 2.28. The number of hydrogen-bond donors (Lipinski definition) is 0. The molecular formula is C15H21ClO2. The van der Waals surface area contributed by atoms with Gasteiger partial charge >= 0.3 is 5.97 Å². The monoisotopic (exact) mass is 268 g/mol. The zero-order chi connectivity index (χ0) is 13.7. The molecule has 0 saturated carbocycles.